The van der Waals surface area contributed by atoms with Crippen LogP contribution in [0.4, 0.5) is 8.78 Å². The maximum atomic E-state index is 15.8. The van der Waals surface area contributed by atoms with Gasteiger partial charge in [-0.3, -0.25) is 9.79 Å². The Morgan fingerprint density at radius 3 is 2.18 bits per heavy atom. The molecule has 3 aromatic carbocycles. The van der Waals surface area contributed by atoms with E-state index in [4.69, 9.17) is 14.5 Å². The number of benzene rings is 3. The van der Waals surface area contributed by atoms with Crippen LogP contribution in [0.2, 0.25) is 0 Å². The molecule has 4 atom stereocenters. The highest BCUT2D eigenvalue weighted by Gasteiger charge is 2.72. The maximum Gasteiger partial charge on any atom is 0.261 e. The number of amides is 1. The molecule has 0 radical (unpaired) electrons. The van der Waals surface area contributed by atoms with Crippen molar-refractivity contribution in [1.82, 2.24) is 4.31 Å². The molecule has 0 N–H and O–H groups in total. The number of ether oxygens (including phenoxy) is 2. The highest BCUT2D eigenvalue weighted by molar-refractivity contribution is 7.90. The maximum absolute atomic E-state index is 15.8. The van der Waals surface area contributed by atoms with Crippen LogP contribution in [0.3, 0.4) is 0 Å². The number of aliphatic imine (C=N–C) groups is 1. The van der Waals surface area contributed by atoms with Crippen LogP contribution in [-0.2, 0) is 21.2 Å². The van der Waals surface area contributed by atoms with Gasteiger partial charge in [0, 0.05) is 34.6 Å². The van der Waals surface area contributed by atoms with Crippen LogP contribution in [0, 0.1) is 28.4 Å². The molecule has 1 saturated heterocycles. The number of carbonyl (C=O) groups is 1. The second-order valence-corrected chi connectivity index (χ2v) is 14.4. The van der Waals surface area contributed by atoms with Crippen LogP contribution in [-0.4, -0.2) is 56.4 Å². The van der Waals surface area contributed by atoms with Gasteiger partial charge >= 0.3 is 0 Å². The van der Waals surface area contributed by atoms with E-state index in [0.717, 1.165) is 16.8 Å². The summed E-state index contributed by atoms with van der Waals surface area (Å²) in [7, 11) is -1.52. The van der Waals surface area contributed by atoms with Crippen molar-refractivity contribution in [2.45, 2.75) is 51.6 Å². The largest absolute Gasteiger partial charge is 0.493 e. The molecular formula is C34H36F2N2O5S. The predicted molar refractivity (Wildman–Crippen MR) is 163 cm³/mol. The number of rotatable bonds is 8. The highest BCUT2D eigenvalue weighted by Crippen LogP contribution is 2.70. The Kier molecular flexibility index (Phi) is 7.55. The molecular weight excluding hydrogens is 586 g/mol. The molecule has 232 valence electrons. The highest BCUT2D eigenvalue weighted by atomic mass is 32.2. The quantitative estimate of drug-likeness (QED) is 0.297. The molecule has 6 rings (SSSR count). The van der Waals surface area contributed by atoms with Gasteiger partial charge in [0.1, 0.15) is 11.9 Å². The minimum Gasteiger partial charge on any atom is -0.493 e. The fraction of sp³-hybridized carbons (Fsp3) is 0.412. The average Bonchev–Trinajstić information content (AvgIpc) is 3.49. The van der Waals surface area contributed by atoms with E-state index in [1.54, 1.807) is 0 Å². The summed E-state index contributed by atoms with van der Waals surface area (Å²) >= 11 is 0. The summed E-state index contributed by atoms with van der Waals surface area (Å²) in [4.78, 5) is 19.5. The van der Waals surface area contributed by atoms with Crippen LogP contribution >= 0.6 is 0 Å². The number of hydrogen-bond acceptors (Lipinski definition) is 6. The zero-order valence-electron chi connectivity index (χ0n) is 25.2. The third-order valence-corrected chi connectivity index (χ3v) is 12.3. The first-order valence-electron chi connectivity index (χ1n) is 14.8. The molecule has 2 aliphatic carbocycles. The Morgan fingerprint density at radius 2 is 1.64 bits per heavy atom. The van der Waals surface area contributed by atoms with Gasteiger partial charge in [0.05, 0.1) is 31.7 Å². The predicted octanol–water partition coefficient (Wildman–Crippen LogP) is 5.80. The molecule has 3 aliphatic rings. The molecule has 3 aromatic rings. The fourth-order valence-corrected chi connectivity index (χ4v) is 10.5. The molecule has 10 heteroatoms. The number of hydrogen-bond donors (Lipinski definition) is 0. The first-order valence-corrected chi connectivity index (χ1v) is 16.4. The Bertz CT molecular complexity index is 1690. The Hall–Kier alpha value is -3.79. The molecule has 2 saturated carbocycles. The average molecular weight is 623 g/mol. The molecule has 1 spiro atoms. The van der Waals surface area contributed by atoms with Gasteiger partial charge in [0.25, 0.3) is 5.91 Å². The van der Waals surface area contributed by atoms with Gasteiger partial charge in [-0.2, -0.15) is 0 Å². The number of fused-ring (bicyclic) bond motifs is 1. The molecule has 3 fully saturated rings. The van der Waals surface area contributed by atoms with Crippen molar-refractivity contribution in [1.29, 1.82) is 0 Å². The molecule has 1 aliphatic heterocycles. The summed E-state index contributed by atoms with van der Waals surface area (Å²) < 4.78 is 70.4. The lowest BCUT2D eigenvalue weighted by Crippen LogP contribution is -2.48. The van der Waals surface area contributed by atoms with E-state index in [1.165, 1.54) is 14.2 Å². The van der Waals surface area contributed by atoms with Gasteiger partial charge in [0.2, 0.25) is 10.0 Å². The SMILES string of the molecule is COc1cc(F)c(C[C@H](N=C(c2ccccc2)c2ccccc2)C(=O)N2[C@@H]3C[C@H]4CC[C@]3(CS2(=O)=O)C4(C)C)c(F)c1OC. The van der Waals surface area contributed by atoms with E-state index in [-0.39, 0.29) is 28.6 Å². The minimum atomic E-state index is -4.02. The minimum absolute atomic E-state index is 0.125. The number of nitrogens with zero attached hydrogens (tertiary/aromatic N) is 2. The van der Waals surface area contributed by atoms with Crippen molar-refractivity contribution in [3.63, 3.8) is 0 Å². The zero-order valence-corrected chi connectivity index (χ0v) is 26.0. The number of halogens is 2. The lowest BCUT2D eigenvalue weighted by atomic mass is 9.69. The van der Waals surface area contributed by atoms with Gasteiger partial charge in [-0.15, -0.1) is 0 Å². The summed E-state index contributed by atoms with van der Waals surface area (Å²) in [5, 5.41) is 0. The number of sulfonamides is 1. The third kappa shape index (κ3) is 4.60. The molecule has 0 aromatic heterocycles. The van der Waals surface area contributed by atoms with E-state index in [9.17, 15) is 13.2 Å². The second-order valence-electron chi connectivity index (χ2n) is 12.6. The Labute approximate surface area is 257 Å². The lowest BCUT2D eigenvalue weighted by molar-refractivity contribution is -0.130. The summed E-state index contributed by atoms with van der Waals surface area (Å²) in [6.45, 7) is 4.20. The standard InChI is InChI=1S/C34H36F2N2O5S/c1-33(2)23-15-16-34(33)20-44(40,41)38(28(34)17-23)32(39)26(18-24-25(35)19-27(42-3)31(43-4)29(24)36)37-30(21-11-7-5-8-12-21)22-13-9-6-10-14-22/h5-14,19,23,26,28H,15-18,20H2,1-4H3/t23-,26+,28-,34-/m1/s1. The molecule has 0 unspecified atom stereocenters. The van der Waals surface area contributed by atoms with Gasteiger partial charge in [-0.05, 0) is 30.6 Å². The van der Waals surface area contributed by atoms with E-state index in [1.807, 2.05) is 60.7 Å². The summed E-state index contributed by atoms with van der Waals surface area (Å²) in [5.74, 6) is -3.05. The van der Waals surface area contributed by atoms with Crippen LogP contribution in [0.25, 0.3) is 0 Å². The van der Waals surface area contributed by atoms with Gasteiger partial charge in [-0.25, -0.2) is 21.5 Å². The van der Waals surface area contributed by atoms with Gasteiger partial charge in [0.15, 0.2) is 17.3 Å². The monoisotopic (exact) mass is 622 g/mol. The number of methoxy groups -OCH3 is 2. The van der Waals surface area contributed by atoms with Gasteiger partial charge < -0.3 is 9.47 Å². The Morgan fingerprint density at radius 1 is 1.02 bits per heavy atom. The topological polar surface area (TPSA) is 85.3 Å². The molecule has 44 heavy (non-hydrogen) atoms. The normalized spacial score (nSPS) is 24.9. The number of carbonyl (C=O) groups excluding carboxylic acids is 1. The Balaban J connectivity index is 1.52. The van der Waals surface area contributed by atoms with Crippen molar-refractivity contribution in [2.24, 2.45) is 21.7 Å². The molecule has 1 heterocycles. The zero-order chi connectivity index (χ0) is 31.4. The van der Waals surface area contributed by atoms with Crippen molar-refractivity contribution < 1.29 is 31.5 Å². The first kappa shape index (κ1) is 30.2. The van der Waals surface area contributed by atoms with E-state index in [0.29, 0.717) is 29.7 Å². The van der Waals surface area contributed by atoms with Crippen LogP contribution in [0.5, 0.6) is 11.5 Å². The van der Waals surface area contributed by atoms with Crippen molar-refractivity contribution in [2.75, 3.05) is 20.0 Å². The van der Waals surface area contributed by atoms with Crippen molar-refractivity contribution >= 4 is 21.6 Å². The molecule has 2 bridgehead atoms. The van der Waals surface area contributed by atoms with Crippen LogP contribution < -0.4 is 9.47 Å². The van der Waals surface area contributed by atoms with Gasteiger partial charge in [-0.1, -0.05) is 74.5 Å². The van der Waals surface area contributed by atoms with Crippen molar-refractivity contribution in [3.8, 4) is 11.5 Å². The van der Waals surface area contributed by atoms with E-state index < -0.39 is 57.0 Å². The van der Waals surface area contributed by atoms with Crippen molar-refractivity contribution in [3.05, 3.63) is 95.1 Å². The lowest BCUT2D eigenvalue weighted by Gasteiger charge is -2.37. The summed E-state index contributed by atoms with van der Waals surface area (Å²) in [6, 6.07) is 17.3. The van der Waals surface area contributed by atoms with E-state index in [2.05, 4.69) is 13.8 Å². The summed E-state index contributed by atoms with van der Waals surface area (Å²) in [6.07, 6.45) is 1.66. The second kappa shape index (κ2) is 11.0. The van der Waals surface area contributed by atoms with Crippen LogP contribution in [0.15, 0.2) is 71.7 Å². The van der Waals surface area contributed by atoms with Crippen LogP contribution in [0.1, 0.15) is 49.8 Å². The fourth-order valence-electron chi connectivity index (χ4n) is 7.92. The van der Waals surface area contributed by atoms with E-state index >= 15 is 8.78 Å². The summed E-state index contributed by atoms with van der Waals surface area (Å²) in [5.41, 5.74) is 0.481. The smallest absolute Gasteiger partial charge is 0.261 e. The third-order valence-electron chi connectivity index (χ3n) is 10.3. The molecule has 7 nitrogen and oxygen atoms in total. The molecule has 1 amide bonds. The first-order chi connectivity index (χ1) is 20.9.